The first-order chi connectivity index (χ1) is 8.81. The molecule has 0 aromatic heterocycles. The van der Waals surface area contributed by atoms with Gasteiger partial charge < -0.3 is 14.6 Å². The molecule has 1 aliphatic rings. The van der Waals surface area contributed by atoms with Gasteiger partial charge in [-0.25, -0.2) is 0 Å². The number of ether oxygens (including phenoxy) is 2. The first-order valence-electron chi connectivity index (χ1n) is 6.48. The SMILES string of the molecule is CCN1CCOC(COc2cccc(CO)c2)C1. The molecule has 1 saturated heterocycles. The number of aliphatic hydroxyl groups is 1. The van der Waals surface area contributed by atoms with Crippen LogP contribution in [0.25, 0.3) is 0 Å². The molecule has 1 aliphatic heterocycles. The summed E-state index contributed by atoms with van der Waals surface area (Å²) in [5, 5.41) is 9.06. The smallest absolute Gasteiger partial charge is 0.119 e. The molecule has 0 aliphatic carbocycles. The lowest BCUT2D eigenvalue weighted by atomic mass is 10.2. The third-order valence-corrected chi connectivity index (χ3v) is 3.19. The topological polar surface area (TPSA) is 41.9 Å². The Kier molecular flexibility index (Phi) is 4.99. The lowest BCUT2D eigenvalue weighted by Gasteiger charge is -2.31. The Morgan fingerprint density at radius 1 is 1.50 bits per heavy atom. The van der Waals surface area contributed by atoms with E-state index < -0.39 is 0 Å². The lowest BCUT2D eigenvalue weighted by molar-refractivity contribution is -0.0464. The normalized spacial score (nSPS) is 20.9. The molecule has 1 atom stereocenters. The van der Waals surface area contributed by atoms with E-state index >= 15 is 0 Å². The number of aliphatic hydroxyl groups excluding tert-OH is 1. The van der Waals surface area contributed by atoms with E-state index in [0.717, 1.165) is 37.6 Å². The fourth-order valence-corrected chi connectivity index (χ4v) is 2.09. The maximum absolute atomic E-state index is 9.06. The number of nitrogens with zero attached hydrogens (tertiary/aromatic N) is 1. The second kappa shape index (κ2) is 6.73. The highest BCUT2D eigenvalue weighted by Crippen LogP contribution is 2.14. The van der Waals surface area contributed by atoms with E-state index in [1.165, 1.54) is 0 Å². The van der Waals surface area contributed by atoms with Crippen LogP contribution in [0.3, 0.4) is 0 Å². The molecule has 1 N–H and O–H groups in total. The number of hydrogen-bond acceptors (Lipinski definition) is 4. The fraction of sp³-hybridized carbons (Fsp3) is 0.571. The van der Waals surface area contributed by atoms with Crippen LogP contribution in [-0.2, 0) is 11.3 Å². The molecule has 100 valence electrons. The molecule has 1 aromatic rings. The summed E-state index contributed by atoms with van der Waals surface area (Å²) in [5.74, 6) is 0.791. The number of rotatable bonds is 5. The van der Waals surface area contributed by atoms with Crippen LogP contribution in [0.4, 0.5) is 0 Å². The zero-order chi connectivity index (χ0) is 12.8. The van der Waals surface area contributed by atoms with E-state index in [2.05, 4.69) is 11.8 Å². The van der Waals surface area contributed by atoms with E-state index in [1.54, 1.807) is 0 Å². The highest BCUT2D eigenvalue weighted by atomic mass is 16.5. The van der Waals surface area contributed by atoms with E-state index in [0.29, 0.717) is 6.61 Å². The van der Waals surface area contributed by atoms with Gasteiger partial charge in [0.1, 0.15) is 18.5 Å². The minimum absolute atomic E-state index is 0.0424. The van der Waals surface area contributed by atoms with Gasteiger partial charge in [0.05, 0.1) is 13.2 Å². The number of benzene rings is 1. The van der Waals surface area contributed by atoms with Crippen molar-refractivity contribution in [3.63, 3.8) is 0 Å². The van der Waals surface area contributed by atoms with Crippen molar-refractivity contribution < 1.29 is 14.6 Å². The summed E-state index contributed by atoms with van der Waals surface area (Å²) in [6, 6.07) is 7.53. The summed E-state index contributed by atoms with van der Waals surface area (Å²) in [6.45, 7) is 6.53. The Morgan fingerprint density at radius 2 is 2.39 bits per heavy atom. The highest BCUT2D eigenvalue weighted by Gasteiger charge is 2.19. The molecule has 4 heteroatoms. The summed E-state index contributed by atoms with van der Waals surface area (Å²) in [7, 11) is 0. The van der Waals surface area contributed by atoms with Crippen LogP contribution in [0.15, 0.2) is 24.3 Å². The van der Waals surface area contributed by atoms with Crippen LogP contribution in [0.2, 0.25) is 0 Å². The average Bonchev–Trinajstić information content (AvgIpc) is 2.45. The van der Waals surface area contributed by atoms with E-state index in [4.69, 9.17) is 14.6 Å². The molecular weight excluding hydrogens is 230 g/mol. The zero-order valence-electron chi connectivity index (χ0n) is 10.8. The van der Waals surface area contributed by atoms with Crippen molar-refractivity contribution in [2.24, 2.45) is 0 Å². The minimum atomic E-state index is 0.0424. The predicted molar refractivity (Wildman–Crippen MR) is 69.7 cm³/mol. The Bertz CT molecular complexity index is 370. The van der Waals surface area contributed by atoms with Gasteiger partial charge in [0.25, 0.3) is 0 Å². The average molecular weight is 251 g/mol. The van der Waals surface area contributed by atoms with E-state index in [-0.39, 0.29) is 12.7 Å². The Morgan fingerprint density at radius 3 is 3.17 bits per heavy atom. The number of hydrogen-bond donors (Lipinski definition) is 1. The molecule has 1 unspecified atom stereocenters. The Hall–Kier alpha value is -1.10. The van der Waals surface area contributed by atoms with Crippen molar-refractivity contribution in [3.05, 3.63) is 29.8 Å². The highest BCUT2D eigenvalue weighted by molar-refractivity contribution is 5.27. The van der Waals surface area contributed by atoms with E-state index in [9.17, 15) is 0 Å². The zero-order valence-corrected chi connectivity index (χ0v) is 10.8. The van der Waals surface area contributed by atoms with Gasteiger partial charge in [-0.1, -0.05) is 19.1 Å². The molecule has 0 amide bonds. The van der Waals surface area contributed by atoms with Crippen molar-refractivity contribution in [2.75, 3.05) is 32.8 Å². The molecule has 1 aromatic carbocycles. The molecular formula is C14H21NO3. The third-order valence-electron chi connectivity index (χ3n) is 3.19. The van der Waals surface area contributed by atoms with Crippen molar-refractivity contribution >= 4 is 0 Å². The first-order valence-corrected chi connectivity index (χ1v) is 6.48. The molecule has 0 saturated carbocycles. The van der Waals surface area contributed by atoms with Crippen molar-refractivity contribution in [3.8, 4) is 5.75 Å². The summed E-state index contributed by atoms with van der Waals surface area (Å²) in [4.78, 5) is 2.36. The lowest BCUT2D eigenvalue weighted by Crippen LogP contribution is -2.44. The molecule has 18 heavy (non-hydrogen) atoms. The van der Waals surface area contributed by atoms with Gasteiger partial charge in [-0.2, -0.15) is 0 Å². The van der Waals surface area contributed by atoms with Crippen LogP contribution in [0, 0.1) is 0 Å². The van der Waals surface area contributed by atoms with Crippen molar-refractivity contribution in [1.82, 2.24) is 4.90 Å². The number of morpholine rings is 1. The second-order valence-electron chi connectivity index (χ2n) is 4.50. The molecule has 1 fully saturated rings. The first kappa shape index (κ1) is 13.3. The predicted octanol–water partition coefficient (Wildman–Crippen LogP) is 1.28. The molecule has 4 nitrogen and oxygen atoms in total. The van der Waals surface area contributed by atoms with Gasteiger partial charge in [-0.15, -0.1) is 0 Å². The Balaban J connectivity index is 1.83. The van der Waals surface area contributed by atoms with Gasteiger partial charge in [0.2, 0.25) is 0 Å². The summed E-state index contributed by atoms with van der Waals surface area (Å²) in [5.41, 5.74) is 0.868. The molecule has 2 rings (SSSR count). The van der Waals surface area contributed by atoms with Gasteiger partial charge in [-0.3, -0.25) is 4.90 Å². The second-order valence-corrected chi connectivity index (χ2v) is 4.50. The van der Waals surface area contributed by atoms with Gasteiger partial charge >= 0.3 is 0 Å². The van der Waals surface area contributed by atoms with Gasteiger partial charge in [-0.05, 0) is 24.2 Å². The third kappa shape index (κ3) is 3.70. The van der Waals surface area contributed by atoms with Crippen LogP contribution >= 0.6 is 0 Å². The molecule has 1 heterocycles. The minimum Gasteiger partial charge on any atom is -0.491 e. The monoisotopic (exact) mass is 251 g/mol. The molecule has 0 spiro atoms. The van der Waals surface area contributed by atoms with Crippen molar-refractivity contribution in [2.45, 2.75) is 19.6 Å². The maximum Gasteiger partial charge on any atom is 0.119 e. The van der Waals surface area contributed by atoms with Gasteiger partial charge in [0.15, 0.2) is 0 Å². The van der Waals surface area contributed by atoms with Crippen molar-refractivity contribution in [1.29, 1.82) is 0 Å². The quantitative estimate of drug-likeness (QED) is 0.856. The summed E-state index contributed by atoms with van der Waals surface area (Å²) in [6.07, 6.45) is 0.136. The fourth-order valence-electron chi connectivity index (χ4n) is 2.09. The molecule has 0 bridgehead atoms. The van der Waals surface area contributed by atoms with E-state index in [1.807, 2.05) is 24.3 Å². The summed E-state index contributed by atoms with van der Waals surface area (Å²) >= 11 is 0. The van der Waals surface area contributed by atoms with Crippen LogP contribution < -0.4 is 4.74 Å². The van der Waals surface area contributed by atoms with Crippen LogP contribution in [-0.4, -0.2) is 49.0 Å². The largest absolute Gasteiger partial charge is 0.491 e. The standard InChI is InChI=1S/C14H21NO3/c1-2-15-6-7-17-14(9-15)11-18-13-5-3-4-12(8-13)10-16/h3-5,8,14,16H,2,6-7,9-11H2,1H3. The maximum atomic E-state index is 9.06. The van der Waals surface area contributed by atoms with Crippen LogP contribution in [0.5, 0.6) is 5.75 Å². The summed E-state index contributed by atoms with van der Waals surface area (Å²) < 4.78 is 11.4. The molecule has 0 radical (unpaired) electrons. The Labute approximate surface area is 108 Å². The number of likely N-dealkylation sites (N-methyl/N-ethyl adjacent to an activating group) is 1. The van der Waals surface area contributed by atoms with Crippen LogP contribution in [0.1, 0.15) is 12.5 Å². The van der Waals surface area contributed by atoms with Gasteiger partial charge in [0, 0.05) is 13.1 Å².